The summed E-state index contributed by atoms with van der Waals surface area (Å²) in [4.78, 5) is 0. The van der Waals surface area contributed by atoms with E-state index in [-0.39, 0.29) is 29.8 Å². The normalized spacial score (nSPS) is 56.0. The van der Waals surface area contributed by atoms with Crippen molar-refractivity contribution in [3.8, 4) is 0 Å². The van der Waals surface area contributed by atoms with Crippen molar-refractivity contribution < 1.29 is 19.0 Å². The van der Waals surface area contributed by atoms with Crippen LogP contribution in [0.1, 0.15) is 65.7 Å². The number of alkyl halides is 2. The molecule has 2 nitrogen and oxygen atoms in total. The fourth-order valence-corrected chi connectivity index (χ4v) is 6.84. The fourth-order valence-electron chi connectivity index (χ4n) is 6.84. The molecule has 2 N–H and O–H groups in total. The number of aliphatic hydroxyl groups excluding tert-OH is 1. The van der Waals surface area contributed by atoms with Crippen LogP contribution in [0.15, 0.2) is 11.6 Å². The molecule has 136 valence electrons. The lowest BCUT2D eigenvalue weighted by Crippen LogP contribution is -2.56. The summed E-state index contributed by atoms with van der Waals surface area (Å²) in [5, 5.41) is 20.7. The Kier molecular flexibility index (Phi) is 3.41. The summed E-state index contributed by atoms with van der Waals surface area (Å²) in [7, 11) is 0. The van der Waals surface area contributed by atoms with Gasteiger partial charge in [-0.3, -0.25) is 0 Å². The number of hydrogen-bond acceptors (Lipinski definition) is 2. The molecule has 3 saturated carbocycles. The average molecular weight is 340 g/mol. The number of allylic oxidation sites excluding steroid dienone is 1. The molecule has 0 bridgehead atoms. The van der Waals surface area contributed by atoms with Gasteiger partial charge in [0, 0.05) is 11.8 Å². The highest BCUT2D eigenvalue weighted by Gasteiger charge is 2.72. The van der Waals surface area contributed by atoms with E-state index in [9.17, 15) is 19.0 Å². The quantitative estimate of drug-likeness (QED) is 0.645. The van der Waals surface area contributed by atoms with Crippen LogP contribution in [-0.2, 0) is 0 Å². The molecule has 0 radical (unpaired) electrons. The van der Waals surface area contributed by atoms with Crippen LogP contribution in [0.5, 0.6) is 0 Å². The molecule has 0 heterocycles. The van der Waals surface area contributed by atoms with Gasteiger partial charge in [-0.25, -0.2) is 8.78 Å². The molecular weight excluding hydrogens is 310 g/mol. The van der Waals surface area contributed by atoms with Crippen molar-refractivity contribution in [2.24, 2.45) is 28.6 Å². The van der Waals surface area contributed by atoms with Crippen LogP contribution in [0, 0.1) is 28.6 Å². The van der Waals surface area contributed by atoms with E-state index in [0.717, 1.165) is 32.1 Å². The SMILES string of the molecule is CC1(O)C(F)(F)C[C@H]2[C@@H]3CC=C4CC(O)CC[C@]4(C)[C@@H]3CC[C@@]21C. The van der Waals surface area contributed by atoms with E-state index < -0.39 is 16.9 Å². The Hall–Kier alpha value is -0.480. The maximum absolute atomic E-state index is 14.6. The van der Waals surface area contributed by atoms with Gasteiger partial charge in [-0.1, -0.05) is 25.5 Å². The van der Waals surface area contributed by atoms with Crippen molar-refractivity contribution in [1.82, 2.24) is 0 Å². The molecule has 0 aromatic heterocycles. The van der Waals surface area contributed by atoms with Crippen LogP contribution in [0.25, 0.3) is 0 Å². The Labute approximate surface area is 143 Å². The first-order valence-corrected chi connectivity index (χ1v) is 9.51. The second kappa shape index (κ2) is 4.82. The van der Waals surface area contributed by atoms with E-state index in [0.29, 0.717) is 12.3 Å². The molecule has 0 aromatic rings. The Balaban J connectivity index is 1.72. The zero-order valence-corrected chi connectivity index (χ0v) is 15.0. The first-order chi connectivity index (χ1) is 11.0. The predicted molar refractivity (Wildman–Crippen MR) is 88.7 cm³/mol. The lowest BCUT2D eigenvalue weighted by Gasteiger charge is -2.58. The van der Waals surface area contributed by atoms with E-state index in [4.69, 9.17) is 0 Å². The maximum Gasteiger partial charge on any atom is 0.276 e. The van der Waals surface area contributed by atoms with Crippen LogP contribution in [0.3, 0.4) is 0 Å². The van der Waals surface area contributed by atoms with Crippen molar-refractivity contribution >= 4 is 0 Å². The largest absolute Gasteiger partial charge is 0.393 e. The summed E-state index contributed by atoms with van der Waals surface area (Å²) in [5.74, 6) is -2.49. The van der Waals surface area contributed by atoms with Crippen LogP contribution in [0.4, 0.5) is 8.78 Å². The number of aliphatic hydroxyl groups is 2. The number of fused-ring (bicyclic) bond motifs is 5. The van der Waals surface area contributed by atoms with Gasteiger partial charge < -0.3 is 10.2 Å². The third-order valence-corrected chi connectivity index (χ3v) is 8.77. The minimum Gasteiger partial charge on any atom is -0.393 e. The zero-order valence-electron chi connectivity index (χ0n) is 15.0. The molecule has 4 rings (SSSR count). The highest BCUT2D eigenvalue weighted by atomic mass is 19.3. The highest BCUT2D eigenvalue weighted by molar-refractivity contribution is 5.27. The fraction of sp³-hybridized carbons (Fsp3) is 0.900. The molecule has 0 aliphatic heterocycles. The maximum atomic E-state index is 14.6. The van der Waals surface area contributed by atoms with E-state index in [2.05, 4.69) is 13.0 Å². The molecule has 24 heavy (non-hydrogen) atoms. The second-order valence-corrected chi connectivity index (χ2v) is 9.59. The Bertz CT molecular complexity index is 584. The summed E-state index contributed by atoms with van der Waals surface area (Å²) in [6, 6.07) is 0. The third-order valence-electron chi connectivity index (χ3n) is 8.77. The molecular formula is C20H30F2O2. The van der Waals surface area contributed by atoms with Gasteiger partial charge in [0.15, 0.2) is 0 Å². The van der Waals surface area contributed by atoms with Crippen LogP contribution in [-0.4, -0.2) is 27.8 Å². The summed E-state index contributed by atoms with van der Waals surface area (Å²) < 4.78 is 29.2. The Morgan fingerprint density at radius 1 is 1.08 bits per heavy atom. The molecule has 4 aliphatic carbocycles. The van der Waals surface area contributed by atoms with Gasteiger partial charge in [-0.15, -0.1) is 0 Å². The van der Waals surface area contributed by atoms with Crippen molar-refractivity contribution in [3.63, 3.8) is 0 Å². The van der Waals surface area contributed by atoms with Crippen molar-refractivity contribution in [1.29, 1.82) is 0 Å². The van der Waals surface area contributed by atoms with Crippen molar-refractivity contribution in [2.75, 3.05) is 0 Å². The minimum atomic E-state index is -3.00. The molecule has 4 heteroatoms. The van der Waals surface area contributed by atoms with Crippen LogP contribution >= 0.6 is 0 Å². The second-order valence-electron chi connectivity index (χ2n) is 9.59. The first-order valence-electron chi connectivity index (χ1n) is 9.51. The lowest BCUT2D eigenvalue weighted by atomic mass is 9.47. The Morgan fingerprint density at radius 2 is 1.79 bits per heavy atom. The minimum absolute atomic E-state index is 0.0488. The van der Waals surface area contributed by atoms with Gasteiger partial charge in [-0.05, 0) is 68.6 Å². The molecule has 0 spiro atoms. The highest BCUT2D eigenvalue weighted by Crippen LogP contribution is 2.69. The first kappa shape index (κ1) is 17.0. The van der Waals surface area contributed by atoms with Gasteiger partial charge in [0.25, 0.3) is 5.92 Å². The predicted octanol–water partition coefficient (Wildman–Crippen LogP) is 4.31. The van der Waals surface area contributed by atoms with Gasteiger partial charge in [0.05, 0.1) is 6.10 Å². The molecule has 7 atom stereocenters. The average Bonchev–Trinajstić information content (AvgIpc) is 2.64. The topological polar surface area (TPSA) is 40.5 Å². The van der Waals surface area contributed by atoms with Gasteiger partial charge in [-0.2, -0.15) is 0 Å². The number of halogens is 2. The molecule has 2 unspecified atom stereocenters. The van der Waals surface area contributed by atoms with E-state index in [1.165, 1.54) is 12.5 Å². The zero-order chi connectivity index (χ0) is 17.5. The molecule has 3 fully saturated rings. The molecule has 4 aliphatic rings. The van der Waals surface area contributed by atoms with Crippen molar-refractivity contribution in [2.45, 2.75) is 83.3 Å². The summed E-state index contributed by atoms with van der Waals surface area (Å²) >= 11 is 0. The smallest absolute Gasteiger partial charge is 0.276 e. The van der Waals surface area contributed by atoms with Gasteiger partial charge in [0.2, 0.25) is 0 Å². The molecule has 0 saturated heterocycles. The van der Waals surface area contributed by atoms with Crippen LogP contribution < -0.4 is 0 Å². The van der Waals surface area contributed by atoms with Crippen molar-refractivity contribution in [3.05, 3.63) is 11.6 Å². The van der Waals surface area contributed by atoms with E-state index in [1.54, 1.807) is 0 Å². The third kappa shape index (κ3) is 1.87. The summed E-state index contributed by atoms with van der Waals surface area (Å²) in [6.07, 6.45) is 6.74. The number of rotatable bonds is 0. The van der Waals surface area contributed by atoms with E-state index in [1.807, 2.05) is 6.92 Å². The summed E-state index contributed by atoms with van der Waals surface area (Å²) in [6.45, 7) is 5.53. The van der Waals surface area contributed by atoms with Gasteiger partial charge in [0.1, 0.15) is 5.60 Å². The molecule has 0 amide bonds. The monoisotopic (exact) mass is 340 g/mol. The van der Waals surface area contributed by atoms with E-state index >= 15 is 0 Å². The summed E-state index contributed by atoms with van der Waals surface area (Å²) in [5.41, 5.74) is -1.22. The van der Waals surface area contributed by atoms with Crippen LogP contribution in [0.2, 0.25) is 0 Å². The van der Waals surface area contributed by atoms with Gasteiger partial charge >= 0.3 is 0 Å². The molecule has 0 aromatic carbocycles. The lowest BCUT2D eigenvalue weighted by molar-refractivity contribution is -0.199. The Morgan fingerprint density at radius 3 is 2.50 bits per heavy atom. The standard InChI is InChI=1S/C20H30F2O2/c1-17-8-6-13(23)10-12(17)4-5-14-15(17)7-9-18(2)16(14)11-20(21,22)19(18,3)24/h4,13-16,23-24H,5-11H2,1-3H3/t13?,14-,15-,16+,17+,18+,19?/m1/s1. The number of hydrogen-bond donors (Lipinski definition) is 2.